The summed E-state index contributed by atoms with van der Waals surface area (Å²) in [5.41, 5.74) is 1.72. The van der Waals surface area contributed by atoms with Gasteiger partial charge in [0.2, 0.25) is 11.8 Å². The van der Waals surface area contributed by atoms with Gasteiger partial charge in [0.25, 0.3) is 0 Å². The topological polar surface area (TPSA) is 181 Å². The van der Waals surface area contributed by atoms with Crippen molar-refractivity contribution in [2.75, 3.05) is 25.4 Å². The SMILES string of the molecule is CC(C)(C)OC(=O)N[C@H]1CCNCCC=C=C[C@@H]2C[C@@]2(C(=O)CS(=O)(=O)C2CC2)NC(=O)[C@@H]2C[C@@H](OC(=O)N3Cc4cccc(F)c4C3)CN2C1=O. The summed E-state index contributed by atoms with van der Waals surface area (Å²) in [5.74, 6) is -3.66. The van der Waals surface area contributed by atoms with Crippen molar-refractivity contribution >= 4 is 39.6 Å². The smallest absolute Gasteiger partial charge is 0.410 e. The fourth-order valence-electron chi connectivity index (χ4n) is 7.01. The number of carbonyl (C=O) groups excluding carboxylic acids is 5. The van der Waals surface area contributed by atoms with E-state index >= 15 is 0 Å². The molecule has 282 valence electrons. The van der Waals surface area contributed by atoms with E-state index in [1.54, 1.807) is 45.1 Å². The third-order valence-electron chi connectivity index (χ3n) is 10.0. The van der Waals surface area contributed by atoms with E-state index in [2.05, 4.69) is 21.7 Å². The fraction of sp³-hybridized carbons (Fsp3) is 0.611. The minimum absolute atomic E-state index is 0.00719. The van der Waals surface area contributed by atoms with Gasteiger partial charge in [-0.1, -0.05) is 12.1 Å². The molecule has 5 atom stereocenters. The number of nitrogens with zero attached hydrogens (tertiary/aromatic N) is 2. The van der Waals surface area contributed by atoms with Crippen LogP contribution in [0.3, 0.4) is 0 Å². The molecule has 1 aromatic rings. The van der Waals surface area contributed by atoms with E-state index in [0.29, 0.717) is 43.5 Å². The van der Waals surface area contributed by atoms with Crippen molar-refractivity contribution in [1.82, 2.24) is 25.8 Å². The number of halogens is 1. The highest BCUT2D eigenvalue weighted by Crippen LogP contribution is 2.46. The number of ketones is 1. The van der Waals surface area contributed by atoms with E-state index in [4.69, 9.17) is 9.47 Å². The molecule has 0 bridgehead atoms. The Hall–Kier alpha value is -4.27. The van der Waals surface area contributed by atoms with Crippen LogP contribution in [0, 0.1) is 11.7 Å². The van der Waals surface area contributed by atoms with Crippen molar-refractivity contribution in [3.05, 3.63) is 53.0 Å². The Morgan fingerprint density at radius 3 is 2.60 bits per heavy atom. The monoisotopic (exact) mass is 743 g/mol. The van der Waals surface area contributed by atoms with Crippen LogP contribution in [0.2, 0.25) is 0 Å². The predicted molar refractivity (Wildman–Crippen MR) is 185 cm³/mol. The quantitative estimate of drug-likeness (QED) is 0.366. The third-order valence-corrected chi connectivity index (χ3v) is 12.2. The molecule has 14 nitrogen and oxygen atoms in total. The van der Waals surface area contributed by atoms with Crippen LogP contribution in [-0.4, -0.2) is 108 Å². The Morgan fingerprint density at radius 2 is 1.88 bits per heavy atom. The zero-order valence-corrected chi connectivity index (χ0v) is 30.4. The highest BCUT2D eigenvalue weighted by atomic mass is 32.2. The van der Waals surface area contributed by atoms with Gasteiger partial charge in [0.05, 0.1) is 18.3 Å². The molecule has 0 aromatic heterocycles. The normalized spacial score (nSPS) is 28.0. The van der Waals surface area contributed by atoms with Gasteiger partial charge >= 0.3 is 12.2 Å². The predicted octanol–water partition coefficient (Wildman–Crippen LogP) is 2.26. The van der Waals surface area contributed by atoms with E-state index in [1.165, 1.54) is 15.9 Å². The summed E-state index contributed by atoms with van der Waals surface area (Å²) in [7, 11) is -3.70. The first-order chi connectivity index (χ1) is 24.6. The molecule has 16 heteroatoms. The van der Waals surface area contributed by atoms with Crippen LogP contribution in [0.15, 0.2) is 36.1 Å². The first kappa shape index (κ1) is 37.5. The number of carbonyl (C=O) groups is 5. The lowest BCUT2D eigenvalue weighted by molar-refractivity contribution is -0.141. The molecule has 1 saturated heterocycles. The lowest BCUT2D eigenvalue weighted by Crippen LogP contribution is -2.57. The molecule has 5 aliphatic rings. The number of nitrogens with one attached hydrogen (secondary N) is 3. The number of hydrogen-bond donors (Lipinski definition) is 3. The second kappa shape index (κ2) is 14.6. The van der Waals surface area contributed by atoms with Crippen molar-refractivity contribution in [2.45, 2.75) is 107 Å². The maximum Gasteiger partial charge on any atom is 0.410 e. The summed E-state index contributed by atoms with van der Waals surface area (Å²) in [6, 6.07) is 2.21. The molecule has 3 aliphatic heterocycles. The second-order valence-electron chi connectivity index (χ2n) is 15.2. The van der Waals surface area contributed by atoms with Crippen molar-refractivity contribution in [3.8, 4) is 0 Å². The van der Waals surface area contributed by atoms with Gasteiger partial charge in [0.1, 0.15) is 40.9 Å². The number of sulfone groups is 1. The van der Waals surface area contributed by atoms with Gasteiger partial charge in [-0.3, -0.25) is 19.3 Å². The molecule has 3 N–H and O–H groups in total. The molecule has 6 rings (SSSR count). The lowest BCUT2D eigenvalue weighted by Gasteiger charge is -2.30. The number of benzene rings is 1. The van der Waals surface area contributed by atoms with E-state index in [0.717, 1.165) is 0 Å². The molecule has 0 radical (unpaired) electrons. The van der Waals surface area contributed by atoms with Crippen molar-refractivity contribution < 1.29 is 46.3 Å². The van der Waals surface area contributed by atoms with Gasteiger partial charge in [-0.25, -0.2) is 22.4 Å². The Morgan fingerprint density at radius 1 is 1.12 bits per heavy atom. The van der Waals surface area contributed by atoms with E-state index in [9.17, 15) is 36.8 Å². The van der Waals surface area contributed by atoms with Crippen LogP contribution < -0.4 is 16.0 Å². The number of hydrogen-bond acceptors (Lipinski definition) is 10. The largest absolute Gasteiger partial charge is 0.444 e. The Labute approximate surface area is 302 Å². The Balaban J connectivity index is 1.26. The van der Waals surface area contributed by atoms with Gasteiger partial charge in [-0.05, 0) is 89.7 Å². The molecule has 2 saturated carbocycles. The summed E-state index contributed by atoms with van der Waals surface area (Å²) in [5, 5.41) is 8.10. The van der Waals surface area contributed by atoms with Crippen molar-refractivity contribution in [3.63, 3.8) is 0 Å². The highest BCUT2D eigenvalue weighted by molar-refractivity contribution is 7.93. The molecule has 4 amide bonds. The number of ether oxygens (including phenoxy) is 2. The molecular formula is C36H46FN5O9S. The highest BCUT2D eigenvalue weighted by Gasteiger charge is 2.61. The van der Waals surface area contributed by atoms with Gasteiger partial charge in [0, 0.05) is 24.4 Å². The minimum atomic E-state index is -3.70. The van der Waals surface area contributed by atoms with Crippen LogP contribution in [-0.2, 0) is 46.8 Å². The minimum Gasteiger partial charge on any atom is -0.444 e. The Kier molecular flexibility index (Phi) is 10.5. The van der Waals surface area contributed by atoms with Crippen LogP contribution in [0.5, 0.6) is 0 Å². The summed E-state index contributed by atoms with van der Waals surface area (Å²) < 4.78 is 51.4. The molecule has 52 heavy (non-hydrogen) atoms. The summed E-state index contributed by atoms with van der Waals surface area (Å²) >= 11 is 0. The molecular weight excluding hydrogens is 697 g/mol. The molecule has 2 aliphatic carbocycles. The zero-order valence-electron chi connectivity index (χ0n) is 29.6. The van der Waals surface area contributed by atoms with Crippen LogP contribution in [0.1, 0.15) is 70.4 Å². The maximum atomic E-state index is 14.4. The van der Waals surface area contributed by atoms with Crippen LogP contribution >= 0.6 is 0 Å². The average Bonchev–Trinajstić information content (AvgIpc) is 3.94. The number of amides is 4. The van der Waals surface area contributed by atoms with Crippen molar-refractivity contribution in [1.29, 1.82) is 0 Å². The van der Waals surface area contributed by atoms with Crippen LogP contribution in [0.4, 0.5) is 14.0 Å². The number of rotatable bonds is 6. The van der Waals surface area contributed by atoms with Crippen LogP contribution in [0.25, 0.3) is 0 Å². The van der Waals surface area contributed by atoms with Crippen molar-refractivity contribution in [2.24, 2.45) is 5.92 Å². The van der Waals surface area contributed by atoms with E-state index < -0.39 is 91.7 Å². The van der Waals surface area contributed by atoms with Gasteiger partial charge in [0.15, 0.2) is 15.6 Å². The first-order valence-electron chi connectivity index (χ1n) is 17.8. The molecule has 3 heterocycles. The summed E-state index contributed by atoms with van der Waals surface area (Å²) in [6.45, 7) is 5.81. The number of Topliss-reactive ketones (excluding diaryl/α,β-unsaturated/α-hetero) is 1. The second-order valence-corrected chi connectivity index (χ2v) is 17.5. The lowest BCUT2D eigenvalue weighted by atomic mass is 10.1. The molecule has 0 spiro atoms. The maximum absolute atomic E-state index is 14.4. The average molecular weight is 744 g/mol. The third kappa shape index (κ3) is 8.50. The summed E-state index contributed by atoms with van der Waals surface area (Å²) in [4.78, 5) is 71.0. The van der Waals surface area contributed by atoms with E-state index in [1.807, 2.05) is 0 Å². The molecule has 3 fully saturated rings. The number of fused-ring (bicyclic) bond motifs is 3. The van der Waals surface area contributed by atoms with Gasteiger partial charge < -0.3 is 30.3 Å². The standard InChI is InChI=1S/C36H46FN5O9S/c1-35(2,3)51-33(46)39-28-13-15-38-14-6-4-5-9-23-17-36(23,30(43)21-52(48,49)25-11-12-25)40-31(44)29-16-24(19-42(29)32(28)45)50-34(47)41-18-22-8-7-10-27(37)26(22)20-41/h4,7-10,23-25,28-29,38H,6,11-21H2,1-3H3,(H,39,46)(H,40,44)/t5?,23-,24-,28+,29+,36-/m1/s1. The fourth-order valence-corrected chi connectivity index (χ4v) is 8.72. The first-order valence-corrected chi connectivity index (χ1v) is 19.5. The molecule has 0 unspecified atom stereocenters. The van der Waals surface area contributed by atoms with Gasteiger partial charge in [-0.2, -0.15) is 0 Å². The van der Waals surface area contributed by atoms with E-state index in [-0.39, 0.29) is 38.9 Å². The summed E-state index contributed by atoms with van der Waals surface area (Å²) in [6.07, 6.45) is 2.56. The Bertz CT molecular complexity index is 1800. The van der Waals surface area contributed by atoms with Gasteiger partial charge in [-0.15, -0.1) is 5.73 Å². The molecule has 1 aromatic carbocycles. The number of alkyl carbamates (subject to hydrolysis) is 1. The zero-order chi connectivity index (χ0) is 37.4.